The van der Waals surface area contributed by atoms with Gasteiger partial charge in [0.25, 0.3) is 0 Å². The zero-order valence-corrected chi connectivity index (χ0v) is 13.7. The number of fused-ring (bicyclic) bond motifs is 1. The predicted octanol–water partition coefficient (Wildman–Crippen LogP) is 2.82. The normalized spacial score (nSPS) is 11.7. The minimum absolute atomic E-state index is 0.147. The minimum Gasteiger partial charge on any atom is -0.445 e. The quantitative estimate of drug-likeness (QED) is 0.666. The Bertz CT molecular complexity index is 876. The van der Waals surface area contributed by atoms with Gasteiger partial charge in [-0.3, -0.25) is 9.89 Å². The van der Waals surface area contributed by atoms with Crippen molar-refractivity contribution in [2.24, 2.45) is 0 Å². The van der Waals surface area contributed by atoms with E-state index in [9.17, 15) is 9.59 Å². The van der Waals surface area contributed by atoms with Gasteiger partial charge in [0.2, 0.25) is 5.91 Å². The number of hydrogen-bond donors (Lipinski definition) is 3. The lowest BCUT2D eigenvalue weighted by Gasteiger charge is -2.14. The highest BCUT2D eigenvalue weighted by Gasteiger charge is 2.17. The van der Waals surface area contributed by atoms with Gasteiger partial charge in [0.15, 0.2) is 0 Å². The summed E-state index contributed by atoms with van der Waals surface area (Å²) in [4.78, 5) is 24.1. The van der Waals surface area contributed by atoms with Gasteiger partial charge in [0, 0.05) is 5.39 Å². The van der Waals surface area contributed by atoms with Gasteiger partial charge in [-0.2, -0.15) is 5.10 Å². The maximum atomic E-state index is 12.3. The van der Waals surface area contributed by atoms with E-state index in [2.05, 4.69) is 20.8 Å². The molecule has 1 atom stereocenters. The van der Waals surface area contributed by atoms with Gasteiger partial charge >= 0.3 is 6.09 Å². The van der Waals surface area contributed by atoms with Crippen molar-refractivity contribution in [1.82, 2.24) is 15.5 Å². The maximum absolute atomic E-state index is 12.3. The average molecular weight is 338 g/mol. The Morgan fingerprint density at radius 1 is 1.16 bits per heavy atom. The topological polar surface area (TPSA) is 96.1 Å². The van der Waals surface area contributed by atoms with Crippen molar-refractivity contribution in [2.45, 2.75) is 19.6 Å². The fourth-order valence-electron chi connectivity index (χ4n) is 2.32. The average Bonchev–Trinajstić information content (AvgIpc) is 3.10. The number of para-hydroxylation sites is 1. The third-order valence-electron chi connectivity index (χ3n) is 3.67. The molecule has 3 rings (SSSR count). The number of anilines is 1. The van der Waals surface area contributed by atoms with Crippen LogP contribution in [-0.4, -0.2) is 28.2 Å². The highest BCUT2D eigenvalue weighted by atomic mass is 16.5. The molecule has 0 fully saturated rings. The molecular formula is C18H18N4O3. The van der Waals surface area contributed by atoms with Crippen LogP contribution in [0.5, 0.6) is 0 Å². The van der Waals surface area contributed by atoms with Gasteiger partial charge in [-0.15, -0.1) is 0 Å². The summed E-state index contributed by atoms with van der Waals surface area (Å²) in [7, 11) is 0. The first-order chi connectivity index (χ1) is 12.1. The standard InChI is InChI=1S/C18H18N4O3/c1-12(20-18(24)25-11-13-6-3-2-4-7-13)17(23)21-15-9-5-8-14-10-19-22-16(14)15/h2-10,12H,11H2,1H3,(H,19,22)(H,20,24)(H,21,23)/t12-/m1/s1. The number of ether oxygens (including phenoxy) is 1. The number of rotatable bonds is 5. The van der Waals surface area contributed by atoms with Gasteiger partial charge in [0.1, 0.15) is 12.6 Å². The van der Waals surface area contributed by atoms with Crippen molar-refractivity contribution in [3.63, 3.8) is 0 Å². The number of carbonyl (C=O) groups excluding carboxylic acids is 2. The number of nitrogens with zero attached hydrogens (tertiary/aromatic N) is 1. The molecule has 2 aromatic carbocycles. The number of hydrogen-bond acceptors (Lipinski definition) is 4. The lowest BCUT2D eigenvalue weighted by molar-refractivity contribution is -0.117. The van der Waals surface area contributed by atoms with Crippen LogP contribution in [-0.2, 0) is 16.1 Å². The first-order valence-electron chi connectivity index (χ1n) is 7.83. The molecule has 0 aliphatic rings. The molecule has 0 saturated heterocycles. The Hall–Kier alpha value is -3.35. The van der Waals surface area contributed by atoms with E-state index in [1.165, 1.54) is 0 Å². The van der Waals surface area contributed by atoms with Gasteiger partial charge in [-0.25, -0.2) is 4.79 Å². The van der Waals surface area contributed by atoms with Crippen molar-refractivity contribution in [2.75, 3.05) is 5.32 Å². The van der Waals surface area contributed by atoms with Crippen LogP contribution in [0.1, 0.15) is 12.5 Å². The molecule has 25 heavy (non-hydrogen) atoms. The molecule has 7 nitrogen and oxygen atoms in total. The SMILES string of the molecule is C[C@@H](NC(=O)OCc1ccccc1)C(=O)Nc1cccc2cn[nH]c12. The summed E-state index contributed by atoms with van der Waals surface area (Å²) in [5, 5.41) is 13.0. The summed E-state index contributed by atoms with van der Waals surface area (Å²) in [6, 6.07) is 14.0. The molecule has 0 aliphatic carbocycles. The Morgan fingerprint density at radius 3 is 2.76 bits per heavy atom. The summed E-state index contributed by atoms with van der Waals surface area (Å²) in [5.74, 6) is -0.348. The zero-order valence-electron chi connectivity index (χ0n) is 13.7. The smallest absolute Gasteiger partial charge is 0.408 e. The molecule has 128 valence electrons. The molecule has 0 saturated carbocycles. The van der Waals surface area contributed by atoms with Crippen LogP contribution in [0, 0.1) is 0 Å². The first kappa shape index (κ1) is 16.5. The van der Waals surface area contributed by atoms with Crippen LogP contribution in [0.3, 0.4) is 0 Å². The fraction of sp³-hybridized carbons (Fsp3) is 0.167. The van der Waals surface area contributed by atoms with Crippen molar-refractivity contribution >= 4 is 28.6 Å². The van der Waals surface area contributed by atoms with Crippen molar-refractivity contribution in [3.8, 4) is 0 Å². The van der Waals surface area contributed by atoms with Crippen LogP contribution < -0.4 is 10.6 Å². The molecule has 0 unspecified atom stereocenters. The zero-order chi connectivity index (χ0) is 17.6. The number of carbonyl (C=O) groups is 2. The highest BCUT2D eigenvalue weighted by Crippen LogP contribution is 2.20. The number of amides is 2. The second kappa shape index (κ2) is 7.48. The number of nitrogens with one attached hydrogen (secondary N) is 3. The molecule has 3 aromatic rings. The largest absolute Gasteiger partial charge is 0.445 e. The maximum Gasteiger partial charge on any atom is 0.408 e. The first-order valence-corrected chi connectivity index (χ1v) is 7.83. The summed E-state index contributed by atoms with van der Waals surface area (Å²) in [5.41, 5.74) is 2.21. The van der Waals surface area contributed by atoms with E-state index in [1.807, 2.05) is 42.5 Å². The van der Waals surface area contributed by atoms with Gasteiger partial charge < -0.3 is 15.4 Å². The molecule has 7 heteroatoms. The summed E-state index contributed by atoms with van der Waals surface area (Å²) in [6.07, 6.45) is 1.03. The highest BCUT2D eigenvalue weighted by molar-refractivity contribution is 6.02. The van der Waals surface area contributed by atoms with E-state index in [-0.39, 0.29) is 12.5 Å². The second-order valence-electron chi connectivity index (χ2n) is 5.56. The lowest BCUT2D eigenvalue weighted by atomic mass is 10.2. The van der Waals surface area contributed by atoms with E-state index >= 15 is 0 Å². The van der Waals surface area contributed by atoms with Crippen molar-refractivity contribution in [3.05, 3.63) is 60.3 Å². The lowest BCUT2D eigenvalue weighted by Crippen LogP contribution is -2.41. The van der Waals surface area contributed by atoms with E-state index in [4.69, 9.17) is 4.74 Å². The Kier molecular flexibility index (Phi) is 4.94. The van der Waals surface area contributed by atoms with Crippen LogP contribution in [0.25, 0.3) is 10.9 Å². The molecule has 0 aliphatic heterocycles. The van der Waals surface area contributed by atoms with E-state index in [0.29, 0.717) is 5.69 Å². The number of benzene rings is 2. The van der Waals surface area contributed by atoms with E-state index in [0.717, 1.165) is 16.5 Å². The molecule has 0 spiro atoms. The Morgan fingerprint density at radius 2 is 1.96 bits per heavy atom. The van der Waals surface area contributed by atoms with Crippen LogP contribution in [0.2, 0.25) is 0 Å². The van der Waals surface area contributed by atoms with E-state index < -0.39 is 12.1 Å². The van der Waals surface area contributed by atoms with Crippen molar-refractivity contribution < 1.29 is 14.3 Å². The Labute approximate surface area is 144 Å². The number of H-pyrrole nitrogens is 1. The third kappa shape index (κ3) is 4.14. The number of aromatic amines is 1. The molecule has 2 amide bonds. The molecular weight excluding hydrogens is 320 g/mol. The molecule has 0 radical (unpaired) electrons. The van der Waals surface area contributed by atoms with E-state index in [1.54, 1.807) is 19.2 Å². The number of alkyl carbamates (subject to hydrolysis) is 1. The monoisotopic (exact) mass is 338 g/mol. The van der Waals surface area contributed by atoms with Crippen LogP contribution in [0.4, 0.5) is 10.5 Å². The summed E-state index contributed by atoms with van der Waals surface area (Å²) in [6.45, 7) is 1.74. The number of aromatic nitrogens is 2. The molecule has 1 aromatic heterocycles. The summed E-state index contributed by atoms with van der Waals surface area (Å²) < 4.78 is 5.11. The van der Waals surface area contributed by atoms with Crippen molar-refractivity contribution in [1.29, 1.82) is 0 Å². The van der Waals surface area contributed by atoms with Crippen LogP contribution >= 0.6 is 0 Å². The van der Waals surface area contributed by atoms with Gasteiger partial charge in [0.05, 0.1) is 17.4 Å². The molecule has 1 heterocycles. The molecule has 3 N–H and O–H groups in total. The molecule has 0 bridgehead atoms. The second-order valence-corrected chi connectivity index (χ2v) is 5.56. The Balaban J connectivity index is 1.53. The van der Waals surface area contributed by atoms with Crippen LogP contribution in [0.15, 0.2) is 54.7 Å². The van der Waals surface area contributed by atoms with Gasteiger partial charge in [-0.1, -0.05) is 42.5 Å². The predicted molar refractivity (Wildman–Crippen MR) is 93.9 cm³/mol. The summed E-state index contributed by atoms with van der Waals surface area (Å²) >= 11 is 0. The third-order valence-corrected chi connectivity index (χ3v) is 3.67. The van der Waals surface area contributed by atoms with Gasteiger partial charge in [-0.05, 0) is 18.6 Å². The fourth-order valence-corrected chi connectivity index (χ4v) is 2.32. The minimum atomic E-state index is -0.749.